The number of hydrogen-bond donors (Lipinski definition) is 1. The Labute approximate surface area is 204 Å². The van der Waals surface area contributed by atoms with Gasteiger partial charge in [-0.15, -0.1) is 0 Å². The van der Waals surface area contributed by atoms with Gasteiger partial charge >= 0.3 is 12.1 Å². The van der Waals surface area contributed by atoms with Crippen LogP contribution in [0.4, 0.5) is 13.2 Å². The van der Waals surface area contributed by atoms with Gasteiger partial charge in [0.25, 0.3) is 5.91 Å². The van der Waals surface area contributed by atoms with E-state index >= 15 is 0 Å². The normalized spacial score (nSPS) is 18.9. The standard InChI is InChI=1S/C24H25F3N4O5/c1-11-9-10-31(19(11)23(33)35-4)22(32)18-20(12(2)28)36-21(30-18)14-5-7-15(34-3)17-13(14)6-8-16(29-17)24(25,26)27/h5-8,11-12,19H,9-10,28H2,1-4H3/t11-,12-,19-/m0/s1. The largest absolute Gasteiger partial charge is 0.494 e. The van der Waals surface area contributed by atoms with E-state index in [2.05, 4.69) is 9.97 Å². The second-order valence-corrected chi connectivity index (χ2v) is 8.66. The molecule has 1 aliphatic heterocycles. The monoisotopic (exact) mass is 506 g/mol. The Kier molecular flexibility index (Phi) is 6.65. The number of benzene rings is 1. The first-order valence-electron chi connectivity index (χ1n) is 11.2. The number of likely N-dealkylation sites (tertiary alicyclic amines) is 1. The van der Waals surface area contributed by atoms with Crippen molar-refractivity contribution in [3.63, 3.8) is 0 Å². The van der Waals surface area contributed by atoms with Crippen LogP contribution in [0.2, 0.25) is 0 Å². The highest BCUT2D eigenvalue weighted by Crippen LogP contribution is 2.38. The Morgan fingerprint density at radius 2 is 1.92 bits per heavy atom. The summed E-state index contributed by atoms with van der Waals surface area (Å²) in [5.74, 6) is -1.02. The molecule has 1 aromatic carbocycles. The summed E-state index contributed by atoms with van der Waals surface area (Å²) in [6.07, 6.45) is -4.05. The van der Waals surface area contributed by atoms with Crippen molar-refractivity contribution in [3.05, 3.63) is 41.4 Å². The van der Waals surface area contributed by atoms with Crippen LogP contribution in [0.3, 0.4) is 0 Å². The predicted octanol–water partition coefficient (Wildman–Crippen LogP) is 3.96. The van der Waals surface area contributed by atoms with Gasteiger partial charge in [0.1, 0.15) is 23.0 Å². The number of alkyl halides is 3. The molecule has 3 atom stereocenters. The highest BCUT2D eigenvalue weighted by Gasteiger charge is 2.42. The zero-order valence-electron chi connectivity index (χ0n) is 20.0. The molecule has 3 aromatic rings. The number of methoxy groups -OCH3 is 2. The number of aromatic nitrogens is 2. The Hall–Kier alpha value is -3.67. The first-order chi connectivity index (χ1) is 17.0. The third-order valence-electron chi connectivity index (χ3n) is 6.23. The van der Waals surface area contributed by atoms with Gasteiger partial charge in [-0.1, -0.05) is 6.92 Å². The molecular formula is C24H25F3N4O5. The Morgan fingerprint density at radius 1 is 1.19 bits per heavy atom. The van der Waals surface area contributed by atoms with E-state index in [1.807, 2.05) is 6.92 Å². The number of oxazole rings is 1. The molecule has 0 spiro atoms. The number of halogens is 3. The van der Waals surface area contributed by atoms with Crippen LogP contribution >= 0.6 is 0 Å². The zero-order chi connectivity index (χ0) is 26.4. The quantitative estimate of drug-likeness (QED) is 0.517. The lowest BCUT2D eigenvalue weighted by Crippen LogP contribution is -2.44. The summed E-state index contributed by atoms with van der Waals surface area (Å²) in [5, 5.41) is 0.279. The molecule has 36 heavy (non-hydrogen) atoms. The number of nitrogens with two attached hydrogens (primary N) is 1. The fourth-order valence-electron chi connectivity index (χ4n) is 4.40. The lowest BCUT2D eigenvalue weighted by molar-refractivity contribution is -0.146. The van der Waals surface area contributed by atoms with Crippen molar-refractivity contribution in [3.8, 4) is 17.2 Å². The average Bonchev–Trinajstić information content (AvgIpc) is 3.46. The van der Waals surface area contributed by atoms with E-state index in [0.717, 1.165) is 6.07 Å². The van der Waals surface area contributed by atoms with E-state index in [4.69, 9.17) is 19.6 Å². The van der Waals surface area contributed by atoms with E-state index in [1.165, 1.54) is 31.3 Å². The molecule has 2 N–H and O–H groups in total. The fourth-order valence-corrected chi connectivity index (χ4v) is 4.40. The second kappa shape index (κ2) is 9.41. The van der Waals surface area contributed by atoms with Crippen LogP contribution in [0, 0.1) is 5.92 Å². The number of esters is 1. The molecule has 1 saturated heterocycles. The summed E-state index contributed by atoms with van der Waals surface area (Å²) < 4.78 is 55.8. The third kappa shape index (κ3) is 4.36. The van der Waals surface area contributed by atoms with Gasteiger partial charge < -0.3 is 24.5 Å². The topological polar surface area (TPSA) is 121 Å². The number of amides is 1. The number of nitrogens with zero attached hydrogens (tertiary/aromatic N) is 3. The summed E-state index contributed by atoms with van der Waals surface area (Å²) >= 11 is 0. The number of ether oxygens (including phenoxy) is 2. The molecule has 2 aromatic heterocycles. The summed E-state index contributed by atoms with van der Waals surface area (Å²) in [6.45, 7) is 3.77. The number of carbonyl (C=O) groups is 2. The van der Waals surface area contributed by atoms with Crippen molar-refractivity contribution in [2.24, 2.45) is 11.7 Å². The fraction of sp³-hybridized carbons (Fsp3) is 0.417. The number of fused-ring (bicyclic) bond motifs is 1. The Bertz CT molecular complexity index is 1320. The molecule has 192 valence electrons. The van der Waals surface area contributed by atoms with E-state index in [0.29, 0.717) is 18.5 Å². The minimum atomic E-state index is -4.65. The summed E-state index contributed by atoms with van der Waals surface area (Å²) in [7, 11) is 2.58. The molecule has 0 radical (unpaired) electrons. The van der Waals surface area contributed by atoms with Crippen molar-refractivity contribution < 1.29 is 36.7 Å². The molecule has 0 aliphatic carbocycles. The third-order valence-corrected chi connectivity index (χ3v) is 6.23. The van der Waals surface area contributed by atoms with Gasteiger partial charge in [0.15, 0.2) is 11.5 Å². The minimum Gasteiger partial charge on any atom is -0.494 e. The average molecular weight is 506 g/mol. The lowest BCUT2D eigenvalue weighted by Gasteiger charge is -2.24. The van der Waals surface area contributed by atoms with Crippen LogP contribution < -0.4 is 10.5 Å². The van der Waals surface area contributed by atoms with Crippen LogP contribution in [0.15, 0.2) is 28.7 Å². The number of rotatable bonds is 5. The molecule has 1 fully saturated rings. The van der Waals surface area contributed by atoms with Crippen molar-refractivity contribution in [2.75, 3.05) is 20.8 Å². The molecule has 0 saturated carbocycles. The van der Waals surface area contributed by atoms with Crippen molar-refractivity contribution in [2.45, 2.75) is 38.5 Å². The molecule has 9 nitrogen and oxygen atoms in total. The van der Waals surface area contributed by atoms with Crippen molar-refractivity contribution in [1.29, 1.82) is 0 Å². The number of carbonyl (C=O) groups excluding carboxylic acids is 2. The smallest absolute Gasteiger partial charge is 0.433 e. The lowest BCUT2D eigenvalue weighted by atomic mass is 10.0. The maximum absolute atomic E-state index is 13.5. The maximum atomic E-state index is 13.5. The van der Waals surface area contributed by atoms with Crippen molar-refractivity contribution >= 4 is 22.8 Å². The van der Waals surface area contributed by atoms with E-state index in [1.54, 1.807) is 13.0 Å². The second-order valence-electron chi connectivity index (χ2n) is 8.66. The van der Waals surface area contributed by atoms with Crippen LogP contribution in [-0.4, -0.2) is 53.6 Å². The van der Waals surface area contributed by atoms with Gasteiger partial charge in [-0.25, -0.2) is 14.8 Å². The highest BCUT2D eigenvalue weighted by atomic mass is 19.4. The van der Waals surface area contributed by atoms with Crippen molar-refractivity contribution in [1.82, 2.24) is 14.9 Å². The van der Waals surface area contributed by atoms with Gasteiger partial charge in [-0.2, -0.15) is 13.2 Å². The van der Waals surface area contributed by atoms with Crippen LogP contribution in [0.1, 0.15) is 48.3 Å². The molecule has 1 aliphatic rings. The summed E-state index contributed by atoms with van der Waals surface area (Å²) in [6, 6.07) is 3.57. The predicted molar refractivity (Wildman–Crippen MR) is 122 cm³/mol. The Balaban J connectivity index is 1.83. The SMILES string of the molecule is COC(=O)[C@@H]1[C@@H](C)CCN1C(=O)c1nc(-c2ccc(OC)c3nc(C(F)(F)F)ccc23)oc1[C@H](C)N. The Morgan fingerprint density at radius 3 is 2.53 bits per heavy atom. The van der Waals surface area contributed by atoms with Gasteiger partial charge in [0.05, 0.1) is 20.3 Å². The first-order valence-corrected chi connectivity index (χ1v) is 11.2. The number of pyridine rings is 1. The first kappa shape index (κ1) is 25.4. The molecule has 1 amide bonds. The molecule has 4 rings (SSSR count). The van der Waals surface area contributed by atoms with Gasteiger partial charge in [0, 0.05) is 17.5 Å². The van der Waals surface area contributed by atoms with Gasteiger partial charge in [-0.05, 0) is 43.5 Å². The highest BCUT2D eigenvalue weighted by molar-refractivity contribution is 5.99. The van der Waals surface area contributed by atoms with Crippen LogP contribution in [0.5, 0.6) is 5.75 Å². The summed E-state index contributed by atoms with van der Waals surface area (Å²) in [4.78, 5) is 35.3. The van der Waals surface area contributed by atoms with Gasteiger partial charge in [0.2, 0.25) is 5.89 Å². The molecule has 3 heterocycles. The molecule has 0 unspecified atom stereocenters. The van der Waals surface area contributed by atoms with E-state index in [-0.39, 0.29) is 39.9 Å². The molecule has 12 heteroatoms. The summed E-state index contributed by atoms with van der Waals surface area (Å²) in [5.41, 5.74) is 5.16. The molecule has 0 bridgehead atoms. The number of hydrogen-bond acceptors (Lipinski definition) is 8. The maximum Gasteiger partial charge on any atom is 0.433 e. The minimum absolute atomic E-state index is 0.0262. The zero-order valence-corrected chi connectivity index (χ0v) is 20.0. The van der Waals surface area contributed by atoms with Crippen LogP contribution in [-0.2, 0) is 15.7 Å². The van der Waals surface area contributed by atoms with Gasteiger partial charge in [-0.3, -0.25) is 4.79 Å². The van der Waals surface area contributed by atoms with E-state index in [9.17, 15) is 22.8 Å². The van der Waals surface area contributed by atoms with Crippen LogP contribution in [0.25, 0.3) is 22.4 Å². The van der Waals surface area contributed by atoms with E-state index < -0.39 is 35.8 Å². The molecular weight excluding hydrogens is 481 g/mol.